The summed E-state index contributed by atoms with van der Waals surface area (Å²) in [4.78, 5) is 0. The van der Waals surface area contributed by atoms with Crippen LogP contribution in [0.4, 0.5) is 0 Å². The van der Waals surface area contributed by atoms with Gasteiger partial charge in [-0.3, -0.25) is 0 Å². The van der Waals surface area contributed by atoms with E-state index in [9.17, 15) is 5.11 Å². The van der Waals surface area contributed by atoms with Gasteiger partial charge < -0.3 is 9.84 Å². The van der Waals surface area contributed by atoms with Gasteiger partial charge >= 0.3 is 0 Å². The SMILES string of the molecule is COCC(O)(c1ccc(C(C)(C)C)cc1)C1CC1. The molecule has 0 saturated heterocycles. The third-order valence-electron chi connectivity index (χ3n) is 3.87. The molecule has 1 atom stereocenters. The molecular formula is C16H24O2. The molecule has 1 aliphatic rings. The standard InChI is InChI=1S/C16H24O2/c1-15(2,3)12-5-7-13(8-6-12)16(17,11-18-4)14-9-10-14/h5-8,14,17H,9-11H2,1-4H3. The van der Waals surface area contributed by atoms with Gasteiger partial charge in [-0.2, -0.15) is 0 Å². The highest BCUT2D eigenvalue weighted by atomic mass is 16.5. The van der Waals surface area contributed by atoms with E-state index in [1.54, 1.807) is 7.11 Å². The van der Waals surface area contributed by atoms with Crippen molar-refractivity contribution in [2.75, 3.05) is 13.7 Å². The van der Waals surface area contributed by atoms with Crippen molar-refractivity contribution < 1.29 is 9.84 Å². The lowest BCUT2D eigenvalue weighted by Crippen LogP contribution is -2.33. The quantitative estimate of drug-likeness (QED) is 0.886. The van der Waals surface area contributed by atoms with E-state index in [2.05, 4.69) is 45.0 Å². The molecular weight excluding hydrogens is 224 g/mol. The van der Waals surface area contributed by atoms with Gasteiger partial charge in [0.1, 0.15) is 5.60 Å². The van der Waals surface area contributed by atoms with Gasteiger partial charge in [-0.1, -0.05) is 45.0 Å². The van der Waals surface area contributed by atoms with Crippen LogP contribution in [0.15, 0.2) is 24.3 Å². The summed E-state index contributed by atoms with van der Waals surface area (Å²) < 4.78 is 5.21. The van der Waals surface area contributed by atoms with Gasteiger partial charge in [-0.15, -0.1) is 0 Å². The third-order valence-corrected chi connectivity index (χ3v) is 3.87. The van der Waals surface area contributed by atoms with Gasteiger partial charge in [0, 0.05) is 7.11 Å². The van der Waals surface area contributed by atoms with Crippen LogP contribution in [-0.2, 0) is 15.8 Å². The highest BCUT2D eigenvalue weighted by molar-refractivity contribution is 5.32. The van der Waals surface area contributed by atoms with Crippen LogP contribution in [0.25, 0.3) is 0 Å². The molecule has 0 heterocycles. The predicted octanol–water partition coefficient (Wildman–Crippen LogP) is 3.23. The van der Waals surface area contributed by atoms with Crippen molar-refractivity contribution in [3.63, 3.8) is 0 Å². The number of hydrogen-bond acceptors (Lipinski definition) is 2. The van der Waals surface area contributed by atoms with Crippen LogP contribution in [-0.4, -0.2) is 18.8 Å². The zero-order valence-electron chi connectivity index (χ0n) is 11.9. The second-order valence-corrected chi connectivity index (χ2v) is 6.46. The fraction of sp³-hybridized carbons (Fsp3) is 0.625. The minimum atomic E-state index is -0.800. The van der Waals surface area contributed by atoms with E-state index < -0.39 is 5.60 Å². The monoisotopic (exact) mass is 248 g/mol. The smallest absolute Gasteiger partial charge is 0.116 e. The van der Waals surface area contributed by atoms with Crippen molar-refractivity contribution in [1.82, 2.24) is 0 Å². The molecule has 0 aliphatic heterocycles. The molecule has 1 aliphatic carbocycles. The Hall–Kier alpha value is -0.860. The Balaban J connectivity index is 2.27. The first-order chi connectivity index (χ1) is 8.38. The molecule has 0 bridgehead atoms. The largest absolute Gasteiger partial charge is 0.382 e. The molecule has 0 amide bonds. The minimum absolute atomic E-state index is 0.150. The lowest BCUT2D eigenvalue weighted by atomic mass is 9.83. The van der Waals surface area contributed by atoms with Gasteiger partial charge in [-0.25, -0.2) is 0 Å². The maximum atomic E-state index is 10.8. The molecule has 1 unspecified atom stereocenters. The molecule has 1 aromatic rings. The molecule has 0 radical (unpaired) electrons. The molecule has 2 rings (SSSR count). The van der Waals surface area contributed by atoms with Crippen LogP contribution in [0.1, 0.15) is 44.7 Å². The van der Waals surface area contributed by atoms with Gasteiger partial charge in [0.15, 0.2) is 0 Å². The Bertz CT molecular complexity index is 398. The van der Waals surface area contributed by atoms with Crippen molar-refractivity contribution in [3.8, 4) is 0 Å². The number of ether oxygens (including phenoxy) is 1. The topological polar surface area (TPSA) is 29.5 Å². The highest BCUT2D eigenvalue weighted by Gasteiger charge is 2.45. The molecule has 18 heavy (non-hydrogen) atoms. The van der Waals surface area contributed by atoms with E-state index in [-0.39, 0.29) is 5.41 Å². The molecule has 100 valence electrons. The number of rotatable bonds is 4. The third kappa shape index (κ3) is 2.60. The van der Waals surface area contributed by atoms with Crippen LogP contribution >= 0.6 is 0 Å². The van der Waals surface area contributed by atoms with Gasteiger partial charge in [-0.05, 0) is 35.3 Å². The molecule has 1 fully saturated rings. The molecule has 1 aromatic carbocycles. The average Bonchev–Trinajstić information content (AvgIpc) is 3.12. The number of aliphatic hydroxyl groups is 1. The summed E-state index contributed by atoms with van der Waals surface area (Å²) in [6.45, 7) is 6.98. The zero-order chi connectivity index (χ0) is 13.4. The van der Waals surface area contributed by atoms with Crippen molar-refractivity contribution in [2.45, 2.75) is 44.6 Å². The lowest BCUT2D eigenvalue weighted by Gasteiger charge is -2.29. The summed E-state index contributed by atoms with van der Waals surface area (Å²) in [7, 11) is 1.65. The highest BCUT2D eigenvalue weighted by Crippen LogP contribution is 2.46. The fourth-order valence-electron chi connectivity index (χ4n) is 2.48. The molecule has 2 heteroatoms. The molecule has 0 spiro atoms. The summed E-state index contributed by atoms with van der Waals surface area (Å²) in [5.74, 6) is 0.359. The summed E-state index contributed by atoms with van der Waals surface area (Å²) in [5, 5.41) is 10.8. The Labute approximate surface area is 110 Å². The lowest BCUT2D eigenvalue weighted by molar-refractivity contribution is -0.0532. The first-order valence-corrected chi connectivity index (χ1v) is 6.70. The van der Waals surface area contributed by atoms with E-state index in [1.807, 2.05) is 0 Å². The van der Waals surface area contributed by atoms with Crippen molar-refractivity contribution in [1.29, 1.82) is 0 Å². The average molecular weight is 248 g/mol. The first kappa shape index (κ1) is 13.6. The van der Waals surface area contributed by atoms with Crippen LogP contribution in [0.3, 0.4) is 0 Å². The number of benzene rings is 1. The fourth-order valence-corrected chi connectivity index (χ4v) is 2.48. The normalized spacial score (nSPS) is 19.6. The second-order valence-electron chi connectivity index (χ2n) is 6.46. The zero-order valence-corrected chi connectivity index (χ0v) is 11.9. The molecule has 1 saturated carbocycles. The van der Waals surface area contributed by atoms with Crippen molar-refractivity contribution in [3.05, 3.63) is 35.4 Å². The van der Waals surface area contributed by atoms with Crippen molar-refractivity contribution in [2.24, 2.45) is 5.92 Å². The summed E-state index contributed by atoms with van der Waals surface area (Å²) >= 11 is 0. The van der Waals surface area contributed by atoms with Crippen LogP contribution in [0.2, 0.25) is 0 Å². The van der Waals surface area contributed by atoms with Gasteiger partial charge in [0.2, 0.25) is 0 Å². The van der Waals surface area contributed by atoms with E-state index in [1.165, 1.54) is 5.56 Å². The molecule has 2 nitrogen and oxygen atoms in total. The summed E-state index contributed by atoms with van der Waals surface area (Å²) in [5.41, 5.74) is 1.63. The second kappa shape index (κ2) is 4.67. The van der Waals surface area contributed by atoms with Crippen LogP contribution < -0.4 is 0 Å². The van der Waals surface area contributed by atoms with Crippen LogP contribution in [0, 0.1) is 5.92 Å². The Kier molecular flexibility index (Phi) is 3.52. The van der Waals surface area contributed by atoms with Crippen LogP contribution in [0.5, 0.6) is 0 Å². The van der Waals surface area contributed by atoms with E-state index in [0.29, 0.717) is 12.5 Å². The van der Waals surface area contributed by atoms with E-state index in [4.69, 9.17) is 4.74 Å². The van der Waals surface area contributed by atoms with E-state index >= 15 is 0 Å². The number of hydrogen-bond donors (Lipinski definition) is 1. The number of methoxy groups -OCH3 is 1. The Morgan fingerprint density at radius 2 is 1.61 bits per heavy atom. The first-order valence-electron chi connectivity index (χ1n) is 6.70. The maximum Gasteiger partial charge on any atom is 0.116 e. The molecule has 1 N–H and O–H groups in total. The Morgan fingerprint density at radius 1 is 1.11 bits per heavy atom. The predicted molar refractivity (Wildman–Crippen MR) is 73.6 cm³/mol. The maximum absolute atomic E-state index is 10.8. The van der Waals surface area contributed by atoms with Gasteiger partial charge in [0.25, 0.3) is 0 Å². The van der Waals surface area contributed by atoms with E-state index in [0.717, 1.165) is 18.4 Å². The summed E-state index contributed by atoms with van der Waals surface area (Å²) in [6, 6.07) is 8.35. The summed E-state index contributed by atoms with van der Waals surface area (Å²) in [6.07, 6.45) is 2.20. The molecule has 0 aromatic heterocycles. The minimum Gasteiger partial charge on any atom is -0.382 e. The Morgan fingerprint density at radius 3 is 2.00 bits per heavy atom. The van der Waals surface area contributed by atoms with Gasteiger partial charge in [0.05, 0.1) is 6.61 Å². The van der Waals surface area contributed by atoms with Crippen molar-refractivity contribution >= 4 is 0 Å².